The fraction of sp³-hybridized carbons (Fsp3) is 0.294. The van der Waals surface area contributed by atoms with Gasteiger partial charge in [-0.2, -0.15) is 0 Å². The monoisotopic (exact) mass is 354 g/mol. The van der Waals surface area contributed by atoms with Gasteiger partial charge in [0.2, 0.25) is 5.91 Å². The van der Waals surface area contributed by atoms with Crippen molar-refractivity contribution >= 4 is 5.91 Å². The van der Waals surface area contributed by atoms with Gasteiger partial charge in [0.05, 0.1) is 0 Å². The quantitative estimate of drug-likeness (QED) is 0.641. The first-order valence-corrected chi connectivity index (χ1v) is 7.45. The average Bonchev–Trinajstić information content (AvgIpc) is 2.57. The molecule has 0 unspecified atom stereocenters. The molecule has 8 heteroatoms. The summed E-state index contributed by atoms with van der Waals surface area (Å²) in [6.45, 7) is 3.17. The highest BCUT2D eigenvalue weighted by Crippen LogP contribution is 2.24. The molecule has 0 aliphatic carbocycles. The zero-order chi connectivity index (χ0) is 18.8. The summed E-state index contributed by atoms with van der Waals surface area (Å²) in [5.41, 5.74) is -0.0853. The molecule has 0 bridgehead atoms. The van der Waals surface area contributed by atoms with Crippen LogP contribution in [-0.2, 0) is 11.3 Å². The lowest BCUT2D eigenvalue weighted by Crippen LogP contribution is -2.36. The van der Waals surface area contributed by atoms with Crippen LogP contribution in [0.5, 0.6) is 0 Å². The van der Waals surface area contributed by atoms with E-state index in [0.29, 0.717) is 0 Å². The molecule has 0 aliphatic heterocycles. The van der Waals surface area contributed by atoms with Gasteiger partial charge in [-0.05, 0) is 24.1 Å². The van der Waals surface area contributed by atoms with Crippen molar-refractivity contribution in [2.75, 3.05) is 0 Å². The predicted octanol–water partition coefficient (Wildman–Crippen LogP) is 2.85. The molecule has 0 aliphatic rings. The average molecular weight is 354 g/mol. The second-order valence-corrected chi connectivity index (χ2v) is 6.27. The highest BCUT2D eigenvalue weighted by atomic mass is 19.2. The van der Waals surface area contributed by atoms with Crippen LogP contribution in [0.1, 0.15) is 20.3 Å². The Morgan fingerprint density at radius 3 is 2.44 bits per heavy atom. The number of carbonyl (C=O) groups is 1. The van der Waals surface area contributed by atoms with Gasteiger partial charge in [-0.3, -0.25) is 14.8 Å². The van der Waals surface area contributed by atoms with Crippen molar-refractivity contribution in [3.63, 3.8) is 0 Å². The summed E-state index contributed by atoms with van der Waals surface area (Å²) in [5.74, 6) is -3.62. The largest absolute Gasteiger partial charge is 0.313 e. The summed E-state index contributed by atoms with van der Waals surface area (Å²) in [5, 5.41) is 8.69. The zero-order valence-electron chi connectivity index (χ0n) is 13.6. The number of pyridine rings is 1. The summed E-state index contributed by atoms with van der Waals surface area (Å²) in [7, 11) is 0. The van der Waals surface area contributed by atoms with Crippen molar-refractivity contribution in [3.8, 4) is 11.1 Å². The molecule has 0 radical (unpaired) electrons. The molecule has 1 aromatic heterocycles. The molecule has 25 heavy (non-hydrogen) atoms. The lowest BCUT2D eigenvalue weighted by molar-refractivity contribution is -0.138. The zero-order valence-corrected chi connectivity index (χ0v) is 13.6. The maximum atomic E-state index is 14.3. The van der Waals surface area contributed by atoms with Gasteiger partial charge in [0.15, 0.2) is 11.6 Å². The second-order valence-electron chi connectivity index (χ2n) is 6.27. The van der Waals surface area contributed by atoms with Crippen molar-refractivity contribution in [1.82, 2.24) is 10.0 Å². The van der Waals surface area contributed by atoms with E-state index in [4.69, 9.17) is 5.21 Å². The van der Waals surface area contributed by atoms with Gasteiger partial charge in [-0.25, -0.2) is 18.7 Å². The lowest BCUT2D eigenvalue weighted by atomic mass is 9.88. The number of carbonyl (C=O) groups excluding carboxylic acids is 1. The molecule has 0 spiro atoms. The van der Waals surface area contributed by atoms with Crippen LogP contribution < -0.4 is 11.0 Å². The van der Waals surface area contributed by atoms with Gasteiger partial charge in [-0.15, -0.1) is 0 Å². The van der Waals surface area contributed by atoms with E-state index in [1.165, 1.54) is 6.07 Å². The molecule has 2 N–H and O–H groups in total. The molecular formula is C17H17F3N2O3. The molecule has 0 saturated heterocycles. The van der Waals surface area contributed by atoms with Crippen molar-refractivity contribution in [2.24, 2.45) is 5.41 Å². The maximum absolute atomic E-state index is 14.3. The molecule has 1 amide bonds. The first-order valence-electron chi connectivity index (χ1n) is 7.45. The van der Waals surface area contributed by atoms with Gasteiger partial charge in [-0.1, -0.05) is 19.9 Å². The third-order valence-electron chi connectivity index (χ3n) is 4.00. The molecule has 0 fully saturated rings. The van der Waals surface area contributed by atoms with Gasteiger partial charge < -0.3 is 4.57 Å². The number of hydroxylamine groups is 1. The topological polar surface area (TPSA) is 71.3 Å². The molecule has 2 rings (SSSR count). The number of aryl methyl sites for hydroxylation is 1. The number of aromatic nitrogens is 1. The molecule has 1 heterocycles. The summed E-state index contributed by atoms with van der Waals surface area (Å²) in [6, 6.07) is 3.83. The minimum Gasteiger partial charge on any atom is -0.313 e. The van der Waals surface area contributed by atoms with E-state index in [-0.39, 0.29) is 24.1 Å². The van der Waals surface area contributed by atoms with Gasteiger partial charge in [0.25, 0.3) is 5.56 Å². The maximum Gasteiger partial charge on any atom is 0.251 e. The number of nitrogens with one attached hydrogen (secondary N) is 1. The number of halogens is 3. The fourth-order valence-corrected chi connectivity index (χ4v) is 2.27. The van der Waals surface area contributed by atoms with E-state index < -0.39 is 34.3 Å². The van der Waals surface area contributed by atoms with Gasteiger partial charge >= 0.3 is 0 Å². The van der Waals surface area contributed by atoms with Crippen molar-refractivity contribution < 1.29 is 23.2 Å². The van der Waals surface area contributed by atoms with E-state index in [1.807, 2.05) is 0 Å². The smallest absolute Gasteiger partial charge is 0.251 e. The van der Waals surface area contributed by atoms with Crippen molar-refractivity contribution in [3.05, 3.63) is 58.3 Å². The third-order valence-corrected chi connectivity index (χ3v) is 4.00. The molecule has 2 aromatic rings. The molecule has 0 atom stereocenters. The Kier molecular flexibility index (Phi) is 5.32. The van der Waals surface area contributed by atoms with Crippen molar-refractivity contribution in [1.29, 1.82) is 0 Å². The van der Waals surface area contributed by atoms with Crippen molar-refractivity contribution in [2.45, 2.75) is 26.8 Å². The molecular weight excluding hydrogens is 337 g/mol. The van der Waals surface area contributed by atoms with Crippen LogP contribution in [0.15, 0.2) is 35.3 Å². The fourth-order valence-electron chi connectivity index (χ4n) is 2.27. The summed E-state index contributed by atoms with van der Waals surface area (Å²) < 4.78 is 41.7. The van der Waals surface area contributed by atoms with E-state index in [0.717, 1.165) is 29.0 Å². The Morgan fingerprint density at radius 1 is 1.16 bits per heavy atom. The molecule has 0 saturated carbocycles. The minimum absolute atomic E-state index is 0.0359. The summed E-state index contributed by atoms with van der Waals surface area (Å²) in [4.78, 5) is 23.7. The first-order chi connectivity index (χ1) is 11.7. The van der Waals surface area contributed by atoms with Crippen LogP contribution >= 0.6 is 0 Å². The molecule has 5 nitrogen and oxygen atoms in total. The van der Waals surface area contributed by atoms with Gasteiger partial charge in [0, 0.05) is 29.8 Å². The SMILES string of the molecule is CC(C)(CCn1cc(F)c(-c2ccc(F)c(F)c2)cc1=O)C(=O)NO. The van der Waals surface area contributed by atoms with Crippen LogP contribution in [0, 0.1) is 22.9 Å². The molecule has 134 valence electrons. The van der Waals surface area contributed by atoms with E-state index >= 15 is 0 Å². The second kappa shape index (κ2) is 7.10. The Bertz CT molecular complexity index is 863. The van der Waals surface area contributed by atoms with Crippen LogP contribution in [0.4, 0.5) is 13.2 Å². The number of hydrogen-bond acceptors (Lipinski definition) is 3. The van der Waals surface area contributed by atoms with Crippen LogP contribution in [-0.4, -0.2) is 15.7 Å². The normalized spacial score (nSPS) is 11.4. The Labute approximate surface area is 141 Å². The van der Waals surface area contributed by atoms with E-state index in [1.54, 1.807) is 19.3 Å². The van der Waals surface area contributed by atoms with E-state index in [9.17, 15) is 22.8 Å². The Hall–Kier alpha value is -2.61. The van der Waals surface area contributed by atoms with Crippen LogP contribution in [0.25, 0.3) is 11.1 Å². The van der Waals surface area contributed by atoms with Crippen LogP contribution in [0.2, 0.25) is 0 Å². The highest BCUT2D eigenvalue weighted by Gasteiger charge is 2.27. The van der Waals surface area contributed by atoms with Crippen LogP contribution in [0.3, 0.4) is 0 Å². The van der Waals surface area contributed by atoms with Gasteiger partial charge in [0.1, 0.15) is 5.82 Å². The summed E-state index contributed by atoms with van der Waals surface area (Å²) >= 11 is 0. The van der Waals surface area contributed by atoms with E-state index in [2.05, 4.69) is 0 Å². The first kappa shape index (κ1) is 18.7. The third kappa shape index (κ3) is 4.08. The number of nitrogens with zero attached hydrogens (tertiary/aromatic N) is 1. The Morgan fingerprint density at radius 2 is 1.84 bits per heavy atom. The number of benzene rings is 1. The standard InChI is InChI=1S/C17H17F3N2O3/c1-17(2,16(24)21-25)5-6-22-9-14(20)11(8-15(22)23)10-3-4-12(18)13(19)7-10/h3-4,7-9,25H,5-6H2,1-2H3,(H,21,24). The highest BCUT2D eigenvalue weighted by molar-refractivity contribution is 5.80. The number of rotatable bonds is 5. The predicted molar refractivity (Wildman–Crippen MR) is 84.3 cm³/mol. The summed E-state index contributed by atoms with van der Waals surface area (Å²) in [6.07, 6.45) is 1.12. The Balaban J connectivity index is 2.30. The lowest BCUT2D eigenvalue weighted by Gasteiger charge is -2.22. The molecule has 1 aromatic carbocycles. The number of amides is 1. The number of hydrogen-bond donors (Lipinski definition) is 2. The minimum atomic E-state index is -1.14.